The van der Waals surface area contributed by atoms with E-state index in [2.05, 4.69) is 5.32 Å². The van der Waals surface area contributed by atoms with Gasteiger partial charge in [-0.2, -0.15) is 0 Å². The minimum Gasteiger partial charge on any atom is -0.339 e. The lowest BCUT2D eigenvalue weighted by Crippen LogP contribution is -2.35. The zero-order chi connectivity index (χ0) is 15.7. The fourth-order valence-electron chi connectivity index (χ4n) is 3.31. The van der Waals surface area contributed by atoms with Gasteiger partial charge in [-0.15, -0.1) is 0 Å². The van der Waals surface area contributed by atoms with Crippen LogP contribution in [0.15, 0.2) is 18.2 Å². The van der Waals surface area contributed by atoms with Gasteiger partial charge in [0.25, 0.3) is 0 Å². The van der Waals surface area contributed by atoms with E-state index < -0.39 is 0 Å². The highest BCUT2D eigenvalue weighted by molar-refractivity contribution is 6.44. The molecular weight excluding hydrogens is 323 g/mol. The Labute approximate surface area is 139 Å². The second kappa shape index (κ2) is 6.47. The topological polar surface area (TPSA) is 49.4 Å². The summed E-state index contributed by atoms with van der Waals surface area (Å²) in [6, 6.07) is 5.42. The third-order valence-corrected chi connectivity index (χ3v) is 5.32. The van der Waals surface area contributed by atoms with E-state index in [0.29, 0.717) is 28.3 Å². The lowest BCUT2D eigenvalue weighted by molar-refractivity contribution is -0.129. The standard InChI is InChI=1S/C16H18Cl2N2O2/c17-12-6-3-7-13(15(12)18)19-16(22)10-8-14(21)20(9-10)11-4-1-2-5-11/h3,6-7,10-11H,1-2,4-5,8-9H2,(H,19,22). The van der Waals surface area contributed by atoms with Gasteiger partial charge in [-0.05, 0) is 25.0 Å². The van der Waals surface area contributed by atoms with Crippen molar-refractivity contribution in [2.24, 2.45) is 5.92 Å². The summed E-state index contributed by atoms with van der Waals surface area (Å²) in [6.45, 7) is 0.507. The van der Waals surface area contributed by atoms with E-state index in [1.807, 2.05) is 4.90 Å². The quantitative estimate of drug-likeness (QED) is 0.911. The summed E-state index contributed by atoms with van der Waals surface area (Å²) in [5.41, 5.74) is 0.492. The number of benzene rings is 1. The van der Waals surface area contributed by atoms with Crippen LogP contribution in [-0.2, 0) is 9.59 Å². The van der Waals surface area contributed by atoms with Gasteiger partial charge in [0.15, 0.2) is 0 Å². The SMILES string of the molecule is O=C(Nc1cccc(Cl)c1Cl)C1CC(=O)N(C2CCCC2)C1. The van der Waals surface area contributed by atoms with Crippen molar-refractivity contribution < 1.29 is 9.59 Å². The van der Waals surface area contributed by atoms with Gasteiger partial charge in [-0.3, -0.25) is 9.59 Å². The normalized spacial score (nSPS) is 22.4. The Bertz CT molecular complexity index is 600. The molecule has 1 aliphatic carbocycles. The molecule has 4 nitrogen and oxygen atoms in total. The van der Waals surface area contributed by atoms with E-state index >= 15 is 0 Å². The summed E-state index contributed by atoms with van der Waals surface area (Å²) in [6.07, 6.45) is 4.73. The molecule has 1 N–H and O–H groups in total. The molecule has 6 heteroatoms. The van der Waals surface area contributed by atoms with E-state index in [1.165, 1.54) is 12.8 Å². The second-order valence-electron chi connectivity index (χ2n) is 5.98. The molecule has 0 spiro atoms. The number of halogens is 2. The number of carbonyl (C=O) groups excluding carboxylic acids is 2. The highest BCUT2D eigenvalue weighted by atomic mass is 35.5. The first-order chi connectivity index (χ1) is 10.6. The number of nitrogens with zero attached hydrogens (tertiary/aromatic N) is 1. The molecule has 2 amide bonds. The van der Waals surface area contributed by atoms with Crippen molar-refractivity contribution >= 4 is 40.7 Å². The fraction of sp³-hybridized carbons (Fsp3) is 0.500. The molecule has 1 aromatic carbocycles. The molecule has 0 aromatic heterocycles. The van der Waals surface area contributed by atoms with Gasteiger partial charge < -0.3 is 10.2 Å². The number of nitrogens with one attached hydrogen (secondary N) is 1. The predicted octanol–water partition coefficient (Wildman–Crippen LogP) is 3.72. The average Bonchev–Trinajstić information content (AvgIpc) is 3.12. The molecule has 1 atom stereocenters. The molecule has 3 rings (SSSR count). The Hall–Kier alpha value is -1.26. The summed E-state index contributed by atoms with van der Waals surface area (Å²) in [5, 5.41) is 3.52. The molecule has 1 saturated carbocycles. The summed E-state index contributed by atoms with van der Waals surface area (Å²) in [5.74, 6) is -0.398. The van der Waals surface area contributed by atoms with Crippen LogP contribution in [0, 0.1) is 5.92 Å². The maximum Gasteiger partial charge on any atom is 0.229 e. The molecule has 1 aromatic rings. The molecule has 2 aliphatic rings. The van der Waals surface area contributed by atoms with Crippen LogP contribution < -0.4 is 5.32 Å². The molecule has 1 heterocycles. The minimum atomic E-state index is -0.317. The molecule has 0 radical (unpaired) electrons. The van der Waals surface area contributed by atoms with Gasteiger partial charge in [0.05, 0.1) is 21.7 Å². The van der Waals surface area contributed by atoms with Gasteiger partial charge >= 0.3 is 0 Å². The van der Waals surface area contributed by atoms with Crippen LogP contribution in [-0.4, -0.2) is 29.3 Å². The van der Waals surface area contributed by atoms with E-state index in [0.717, 1.165) is 12.8 Å². The van der Waals surface area contributed by atoms with Crippen molar-refractivity contribution in [2.75, 3.05) is 11.9 Å². The van der Waals surface area contributed by atoms with Crippen molar-refractivity contribution in [2.45, 2.75) is 38.1 Å². The second-order valence-corrected chi connectivity index (χ2v) is 6.76. The van der Waals surface area contributed by atoms with Gasteiger partial charge in [-0.25, -0.2) is 0 Å². The zero-order valence-electron chi connectivity index (χ0n) is 12.1. The lowest BCUT2D eigenvalue weighted by atomic mass is 10.1. The number of likely N-dealkylation sites (tertiary alicyclic amines) is 1. The summed E-state index contributed by atoms with van der Waals surface area (Å²) >= 11 is 12.0. The molecule has 1 saturated heterocycles. The first kappa shape index (κ1) is 15.6. The van der Waals surface area contributed by atoms with Gasteiger partial charge in [-0.1, -0.05) is 42.1 Å². The maximum atomic E-state index is 12.4. The van der Waals surface area contributed by atoms with Crippen molar-refractivity contribution in [3.63, 3.8) is 0 Å². The minimum absolute atomic E-state index is 0.0873. The van der Waals surface area contributed by atoms with Gasteiger partial charge in [0.2, 0.25) is 11.8 Å². The summed E-state index contributed by atoms with van der Waals surface area (Å²) in [4.78, 5) is 26.4. The predicted molar refractivity (Wildman–Crippen MR) is 87.2 cm³/mol. The number of amides is 2. The third kappa shape index (κ3) is 3.08. The van der Waals surface area contributed by atoms with Crippen molar-refractivity contribution in [1.82, 2.24) is 4.90 Å². The van der Waals surface area contributed by atoms with Crippen molar-refractivity contribution in [3.8, 4) is 0 Å². The van der Waals surface area contributed by atoms with Crippen LogP contribution in [0.4, 0.5) is 5.69 Å². The fourth-order valence-corrected chi connectivity index (χ4v) is 3.66. The molecule has 1 unspecified atom stereocenters. The van der Waals surface area contributed by atoms with Crippen LogP contribution in [0.3, 0.4) is 0 Å². The Morgan fingerprint density at radius 3 is 2.68 bits per heavy atom. The molecule has 0 bridgehead atoms. The molecule has 22 heavy (non-hydrogen) atoms. The van der Waals surface area contributed by atoms with Crippen LogP contribution in [0.1, 0.15) is 32.1 Å². The summed E-state index contributed by atoms with van der Waals surface area (Å²) in [7, 11) is 0. The zero-order valence-corrected chi connectivity index (χ0v) is 13.7. The van der Waals surface area contributed by atoms with Crippen LogP contribution >= 0.6 is 23.2 Å². The van der Waals surface area contributed by atoms with Crippen LogP contribution in [0.5, 0.6) is 0 Å². The van der Waals surface area contributed by atoms with Gasteiger partial charge in [0, 0.05) is 19.0 Å². The number of rotatable bonds is 3. The number of hydrogen-bond donors (Lipinski definition) is 1. The number of hydrogen-bond acceptors (Lipinski definition) is 2. The van der Waals surface area contributed by atoms with E-state index in [9.17, 15) is 9.59 Å². The monoisotopic (exact) mass is 340 g/mol. The Morgan fingerprint density at radius 2 is 1.95 bits per heavy atom. The summed E-state index contributed by atoms with van der Waals surface area (Å²) < 4.78 is 0. The molecular formula is C16H18Cl2N2O2. The average molecular weight is 341 g/mol. The number of carbonyl (C=O) groups is 2. The van der Waals surface area contributed by atoms with E-state index in [1.54, 1.807) is 18.2 Å². The van der Waals surface area contributed by atoms with Crippen molar-refractivity contribution in [3.05, 3.63) is 28.2 Å². The molecule has 1 aliphatic heterocycles. The van der Waals surface area contributed by atoms with Crippen LogP contribution in [0.2, 0.25) is 10.0 Å². The Kier molecular flexibility index (Phi) is 4.59. The first-order valence-corrected chi connectivity index (χ1v) is 8.36. The Balaban J connectivity index is 1.66. The highest BCUT2D eigenvalue weighted by Gasteiger charge is 2.38. The maximum absolute atomic E-state index is 12.4. The largest absolute Gasteiger partial charge is 0.339 e. The third-order valence-electron chi connectivity index (χ3n) is 4.50. The first-order valence-electron chi connectivity index (χ1n) is 7.60. The highest BCUT2D eigenvalue weighted by Crippen LogP contribution is 2.32. The molecule has 118 valence electrons. The van der Waals surface area contributed by atoms with E-state index in [4.69, 9.17) is 23.2 Å². The van der Waals surface area contributed by atoms with E-state index in [-0.39, 0.29) is 24.2 Å². The van der Waals surface area contributed by atoms with Crippen molar-refractivity contribution in [1.29, 1.82) is 0 Å². The Morgan fingerprint density at radius 1 is 1.23 bits per heavy atom. The number of anilines is 1. The lowest BCUT2D eigenvalue weighted by Gasteiger charge is -2.23. The van der Waals surface area contributed by atoms with Gasteiger partial charge in [0.1, 0.15) is 0 Å². The van der Waals surface area contributed by atoms with Crippen LogP contribution in [0.25, 0.3) is 0 Å². The smallest absolute Gasteiger partial charge is 0.229 e. The molecule has 2 fully saturated rings.